The maximum absolute atomic E-state index is 12.5. The minimum absolute atomic E-state index is 0.0659. The first-order valence-electron chi connectivity index (χ1n) is 11.6. The largest absolute Gasteiger partial charge is 0.376 e. The van der Waals surface area contributed by atoms with Gasteiger partial charge in [0.2, 0.25) is 0 Å². The number of amides is 1. The molecule has 7 heteroatoms. The molecule has 1 aromatic heterocycles. The Morgan fingerprint density at radius 2 is 2.09 bits per heavy atom. The van der Waals surface area contributed by atoms with E-state index < -0.39 is 0 Å². The molecule has 33 heavy (non-hydrogen) atoms. The van der Waals surface area contributed by atoms with Crippen LogP contribution in [-0.4, -0.2) is 49.7 Å². The SMILES string of the molecule is CN=C(NCCc1c[nH]c2cc(C)ccc12)NCc1cccc(C(=O)NCC2CCCO2)c1. The highest BCUT2D eigenvalue weighted by Gasteiger charge is 2.16. The van der Waals surface area contributed by atoms with Gasteiger partial charge in [0, 0.05) is 56.0 Å². The van der Waals surface area contributed by atoms with E-state index in [1.165, 1.54) is 22.0 Å². The number of rotatable bonds is 8. The van der Waals surface area contributed by atoms with Gasteiger partial charge in [0.1, 0.15) is 0 Å². The van der Waals surface area contributed by atoms with Crippen molar-refractivity contribution in [1.82, 2.24) is 20.9 Å². The van der Waals surface area contributed by atoms with Gasteiger partial charge in [-0.15, -0.1) is 0 Å². The minimum Gasteiger partial charge on any atom is -0.376 e. The second-order valence-corrected chi connectivity index (χ2v) is 8.51. The first-order valence-corrected chi connectivity index (χ1v) is 11.6. The summed E-state index contributed by atoms with van der Waals surface area (Å²) in [5.74, 6) is 0.669. The van der Waals surface area contributed by atoms with Gasteiger partial charge in [-0.1, -0.05) is 24.3 Å². The number of nitrogens with one attached hydrogen (secondary N) is 4. The molecule has 0 aliphatic carbocycles. The molecular weight excluding hydrogens is 414 g/mol. The summed E-state index contributed by atoms with van der Waals surface area (Å²) in [5.41, 5.74) is 5.39. The molecule has 0 radical (unpaired) electrons. The molecule has 1 fully saturated rings. The quantitative estimate of drug-likeness (QED) is 0.315. The summed E-state index contributed by atoms with van der Waals surface area (Å²) in [5, 5.41) is 10.9. The van der Waals surface area contributed by atoms with E-state index in [9.17, 15) is 4.79 Å². The number of aliphatic imine (C=N–C) groups is 1. The van der Waals surface area contributed by atoms with Gasteiger partial charge in [-0.3, -0.25) is 9.79 Å². The smallest absolute Gasteiger partial charge is 0.251 e. The average molecular weight is 448 g/mol. The Bertz CT molecular complexity index is 1110. The summed E-state index contributed by atoms with van der Waals surface area (Å²) >= 11 is 0. The van der Waals surface area contributed by atoms with Crippen molar-refractivity contribution in [2.75, 3.05) is 26.7 Å². The summed E-state index contributed by atoms with van der Waals surface area (Å²) in [7, 11) is 1.76. The Hall–Kier alpha value is -3.32. The van der Waals surface area contributed by atoms with Crippen LogP contribution in [0.5, 0.6) is 0 Å². The van der Waals surface area contributed by atoms with Crippen LogP contribution in [0.3, 0.4) is 0 Å². The van der Waals surface area contributed by atoms with Gasteiger partial charge in [-0.2, -0.15) is 0 Å². The number of aryl methyl sites for hydroxylation is 1. The van der Waals surface area contributed by atoms with E-state index in [0.29, 0.717) is 18.7 Å². The lowest BCUT2D eigenvalue weighted by Gasteiger charge is -2.13. The summed E-state index contributed by atoms with van der Waals surface area (Å²) in [6.07, 6.45) is 5.19. The molecule has 0 saturated carbocycles. The molecule has 1 saturated heterocycles. The Labute approximate surface area is 195 Å². The van der Waals surface area contributed by atoms with Crippen LogP contribution in [0, 0.1) is 6.92 Å². The summed E-state index contributed by atoms with van der Waals surface area (Å²) < 4.78 is 5.58. The lowest BCUT2D eigenvalue weighted by Crippen LogP contribution is -2.38. The van der Waals surface area contributed by atoms with Crippen LogP contribution in [0.2, 0.25) is 0 Å². The zero-order chi connectivity index (χ0) is 23.0. The molecule has 0 bridgehead atoms. The molecule has 1 unspecified atom stereocenters. The first-order chi connectivity index (χ1) is 16.1. The number of guanidine groups is 1. The van der Waals surface area contributed by atoms with E-state index in [-0.39, 0.29) is 12.0 Å². The third-order valence-electron chi connectivity index (χ3n) is 6.00. The molecule has 2 heterocycles. The van der Waals surface area contributed by atoms with Crippen molar-refractivity contribution in [3.05, 3.63) is 70.9 Å². The average Bonchev–Trinajstić information content (AvgIpc) is 3.49. The van der Waals surface area contributed by atoms with Gasteiger partial charge in [-0.25, -0.2) is 0 Å². The van der Waals surface area contributed by atoms with E-state index in [0.717, 1.165) is 43.9 Å². The predicted molar refractivity (Wildman–Crippen MR) is 133 cm³/mol. The Balaban J connectivity index is 1.25. The lowest BCUT2D eigenvalue weighted by atomic mass is 10.1. The van der Waals surface area contributed by atoms with Crippen molar-refractivity contribution < 1.29 is 9.53 Å². The molecule has 1 amide bonds. The minimum atomic E-state index is -0.0659. The highest BCUT2D eigenvalue weighted by atomic mass is 16.5. The van der Waals surface area contributed by atoms with Crippen LogP contribution < -0.4 is 16.0 Å². The lowest BCUT2D eigenvalue weighted by molar-refractivity contribution is 0.0857. The number of fused-ring (bicyclic) bond motifs is 1. The summed E-state index contributed by atoms with van der Waals surface area (Å²) in [6, 6.07) is 14.2. The number of benzene rings is 2. The van der Waals surface area contributed by atoms with Gasteiger partial charge >= 0.3 is 0 Å². The van der Waals surface area contributed by atoms with Gasteiger partial charge in [-0.05, 0) is 61.1 Å². The number of ether oxygens (including phenoxy) is 1. The Morgan fingerprint density at radius 1 is 1.18 bits per heavy atom. The maximum Gasteiger partial charge on any atom is 0.251 e. The number of H-pyrrole nitrogens is 1. The highest BCUT2D eigenvalue weighted by molar-refractivity contribution is 5.94. The summed E-state index contributed by atoms with van der Waals surface area (Å²) in [4.78, 5) is 20.2. The van der Waals surface area contributed by atoms with Crippen molar-refractivity contribution in [2.24, 2.45) is 4.99 Å². The van der Waals surface area contributed by atoms with Crippen molar-refractivity contribution >= 4 is 22.8 Å². The van der Waals surface area contributed by atoms with Crippen LogP contribution in [0.25, 0.3) is 10.9 Å². The third kappa shape index (κ3) is 6.14. The standard InChI is InChI=1S/C26H33N5O2/c1-18-8-9-23-21(16-29-24(23)13-18)10-11-28-26(27-2)31-15-19-5-3-6-20(14-19)25(32)30-17-22-7-4-12-33-22/h3,5-6,8-9,13-14,16,22,29H,4,7,10-12,15,17H2,1-2H3,(H,30,32)(H2,27,28,31). The maximum atomic E-state index is 12.5. The van der Waals surface area contributed by atoms with Crippen molar-refractivity contribution in [3.8, 4) is 0 Å². The van der Waals surface area contributed by atoms with E-state index >= 15 is 0 Å². The van der Waals surface area contributed by atoms with E-state index in [1.54, 1.807) is 7.05 Å². The second kappa shape index (κ2) is 11.0. The Kier molecular flexibility index (Phi) is 7.62. The van der Waals surface area contributed by atoms with E-state index in [1.807, 2.05) is 24.3 Å². The molecular formula is C26H33N5O2. The number of aromatic nitrogens is 1. The number of carbonyl (C=O) groups is 1. The van der Waals surface area contributed by atoms with E-state index in [4.69, 9.17) is 4.74 Å². The van der Waals surface area contributed by atoms with Crippen LogP contribution in [0.4, 0.5) is 0 Å². The molecule has 174 valence electrons. The van der Waals surface area contributed by atoms with Gasteiger partial charge in [0.05, 0.1) is 6.10 Å². The normalized spacial score (nSPS) is 16.2. The fourth-order valence-electron chi connectivity index (χ4n) is 4.17. The van der Waals surface area contributed by atoms with Crippen molar-refractivity contribution in [3.63, 3.8) is 0 Å². The molecule has 1 aliphatic rings. The van der Waals surface area contributed by atoms with Gasteiger partial charge in [0.15, 0.2) is 5.96 Å². The number of nitrogens with zero attached hydrogens (tertiary/aromatic N) is 1. The molecule has 1 aliphatic heterocycles. The monoisotopic (exact) mass is 447 g/mol. The number of aromatic amines is 1. The van der Waals surface area contributed by atoms with Gasteiger partial charge < -0.3 is 25.7 Å². The topological polar surface area (TPSA) is 90.5 Å². The van der Waals surface area contributed by atoms with Crippen LogP contribution in [0.15, 0.2) is 53.7 Å². The third-order valence-corrected chi connectivity index (χ3v) is 6.00. The van der Waals surface area contributed by atoms with Crippen LogP contribution >= 0.6 is 0 Å². The zero-order valence-electron chi connectivity index (χ0n) is 19.4. The van der Waals surface area contributed by atoms with Crippen LogP contribution in [-0.2, 0) is 17.7 Å². The molecule has 7 nitrogen and oxygen atoms in total. The molecule has 2 aromatic carbocycles. The molecule has 1 atom stereocenters. The van der Waals surface area contributed by atoms with Crippen molar-refractivity contribution in [2.45, 2.75) is 38.8 Å². The highest BCUT2D eigenvalue weighted by Crippen LogP contribution is 2.19. The van der Waals surface area contributed by atoms with E-state index in [2.05, 4.69) is 57.2 Å². The van der Waals surface area contributed by atoms with Gasteiger partial charge in [0.25, 0.3) is 5.91 Å². The predicted octanol–water partition coefficient (Wildman–Crippen LogP) is 3.29. The molecule has 4 N–H and O–H groups in total. The Morgan fingerprint density at radius 3 is 2.91 bits per heavy atom. The fraction of sp³-hybridized carbons (Fsp3) is 0.385. The number of hydrogen-bond donors (Lipinski definition) is 4. The number of hydrogen-bond acceptors (Lipinski definition) is 3. The zero-order valence-corrected chi connectivity index (χ0v) is 19.4. The van der Waals surface area contributed by atoms with Crippen molar-refractivity contribution in [1.29, 1.82) is 0 Å². The number of carbonyl (C=O) groups excluding carboxylic acids is 1. The fourth-order valence-corrected chi connectivity index (χ4v) is 4.17. The second-order valence-electron chi connectivity index (χ2n) is 8.51. The molecule has 0 spiro atoms. The first kappa shape index (κ1) is 22.9. The van der Waals surface area contributed by atoms with Crippen LogP contribution in [0.1, 0.15) is 39.9 Å². The molecule has 3 aromatic rings. The molecule has 4 rings (SSSR count). The summed E-state index contributed by atoms with van der Waals surface area (Å²) in [6.45, 7) is 4.81.